The minimum absolute atomic E-state index is 0.228. The van der Waals surface area contributed by atoms with Gasteiger partial charge in [0.2, 0.25) is 0 Å². The van der Waals surface area contributed by atoms with E-state index in [1.807, 2.05) is 0 Å². The first-order valence-corrected chi connectivity index (χ1v) is 7.09. The molecular formula is C12H12I-. The van der Waals surface area contributed by atoms with Gasteiger partial charge in [-0.1, -0.05) is 0 Å². The third-order valence-corrected chi connectivity index (χ3v) is 4.54. The summed E-state index contributed by atoms with van der Waals surface area (Å²) in [6, 6.07) is 15.3. The Balaban J connectivity index is 2.61. The molecule has 2 aromatic carbocycles. The third kappa shape index (κ3) is 1.85. The van der Waals surface area contributed by atoms with Crippen molar-refractivity contribution in [1.29, 1.82) is 0 Å². The predicted octanol–water partition coefficient (Wildman–Crippen LogP) is 0.118. The van der Waals surface area contributed by atoms with E-state index >= 15 is 0 Å². The Morgan fingerprint density at radius 2 is 1.77 bits per heavy atom. The molecule has 13 heavy (non-hydrogen) atoms. The molecule has 0 radical (unpaired) electrons. The van der Waals surface area contributed by atoms with Crippen LogP contribution in [0.4, 0.5) is 0 Å². The van der Waals surface area contributed by atoms with Crippen LogP contribution >= 0.6 is 0 Å². The molecule has 0 spiro atoms. The van der Waals surface area contributed by atoms with Crippen LogP contribution in [0.1, 0.15) is 6.92 Å². The maximum atomic E-state index is 2.28. The van der Waals surface area contributed by atoms with Crippen molar-refractivity contribution >= 4 is 10.8 Å². The van der Waals surface area contributed by atoms with Crippen LogP contribution in [0.2, 0.25) is 0 Å². The molecule has 0 saturated carbocycles. The second kappa shape index (κ2) is 4.09. The summed E-state index contributed by atoms with van der Waals surface area (Å²) in [5.41, 5.74) is 0. The van der Waals surface area contributed by atoms with E-state index in [4.69, 9.17) is 0 Å². The maximum absolute atomic E-state index is 2.28. The van der Waals surface area contributed by atoms with Gasteiger partial charge >= 0.3 is 89.4 Å². The van der Waals surface area contributed by atoms with E-state index in [9.17, 15) is 0 Å². The van der Waals surface area contributed by atoms with Gasteiger partial charge in [-0.2, -0.15) is 0 Å². The second-order valence-electron chi connectivity index (χ2n) is 2.86. The summed E-state index contributed by atoms with van der Waals surface area (Å²) < 4.78 is 2.91. The molecule has 0 amide bonds. The summed E-state index contributed by atoms with van der Waals surface area (Å²) in [5, 5.41) is 2.84. The Bertz CT molecular complexity index is 401. The van der Waals surface area contributed by atoms with Crippen molar-refractivity contribution in [2.75, 3.05) is 4.43 Å². The summed E-state index contributed by atoms with van der Waals surface area (Å²) in [6.45, 7) is 2.27. The molecule has 0 heterocycles. The Kier molecular flexibility index (Phi) is 2.83. The van der Waals surface area contributed by atoms with Gasteiger partial charge in [-0.25, -0.2) is 0 Å². The molecule has 0 aliphatic heterocycles. The molecule has 0 atom stereocenters. The molecule has 2 aromatic rings. The molecule has 0 nitrogen and oxygen atoms in total. The summed E-state index contributed by atoms with van der Waals surface area (Å²) in [6.07, 6.45) is 0. The number of hydrogen-bond acceptors (Lipinski definition) is 0. The zero-order valence-corrected chi connectivity index (χ0v) is 9.78. The Morgan fingerprint density at radius 3 is 2.62 bits per heavy atom. The molecular weight excluding hydrogens is 271 g/mol. The predicted molar refractivity (Wildman–Crippen MR) is 53.2 cm³/mol. The molecule has 0 unspecified atom stereocenters. The molecule has 0 aromatic heterocycles. The number of rotatable bonds is 2. The van der Waals surface area contributed by atoms with E-state index < -0.39 is 0 Å². The van der Waals surface area contributed by atoms with Gasteiger partial charge in [-0.05, 0) is 0 Å². The molecule has 1 heteroatoms. The zero-order valence-electron chi connectivity index (χ0n) is 7.63. The second-order valence-corrected chi connectivity index (χ2v) is 6.31. The van der Waals surface area contributed by atoms with Crippen molar-refractivity contribution in [3.63, 3.8) is 0 Å². The van der Waals surface area contributed by atoms with Gasteiger partial charge in [0.25, 0.3) is 0 Å². The van der Waals surface area contributed by atoms with E-state index in [0.717, 1.165) is 0 Å². The number of benzene rings is 2. The van der Waals surface area contributed by atoms with Crippen LogP contribution in [0.15, 0.2) is 42.5 Å². The van der Waals surface area contributed by atoms with Gasteiger partial charge in [-0.3, -0.25) is 0 Å². The van der Waals surface area contributed by atoms with E-state index in [1.54, 1.807) is 3.57 Å². The summed E-state index contributed by atoms with van der Waals surface area (Å²) in [4.78, 5) is 0. The first kappa shape index (κ1) is 9.00. The van der Waals surface area contributed by atoms with Crippen molar-refractivity contribution in [3.05, 3.63) is 46.0 Å². The van der Waals surface area contributed by atoms with E-state index in [2.05, 4.69) is 49.4 Å². The quantitative estimate of drug-likeness (QED) is 0.542. The van der Waals surface area contributed by atoms with Crippen LogP contribution < -0.4 is 21.2 Å². The van der Waals surface area contributed by atoms with E-state index in [1.165, 1.54) is 15.2 Å². The molecule has 0 N–H and O–H groups in total. The van der Waals surface area contributed by atoms with Gasteiger partial charge in [0, 0.05) is 0 Å². The van der Waals surface area contributed by atoms with Crippen LogP contribution in [-0.2, 0) is 0 Å². The zero-order chi connectivity index (χ0) is 9.10. The fourth-order valence-electron chi connectivity index (χ4n) is 1.45. The molecule has 68 valence electrons. The van der Waals surface area contributed by atoms with Crippen LogP contribution in [0.5, 0.6) is 0 Å². The molecule has 2 rings (SSSR count). The molecule has 0 aliphatic rings. The van der Waals surface area contributed by atoms with E-state index in [0.29, 0.717) is 0 Å². The molecule has 0 fully saturated rings. The van der Waals surface area contributed by atoms with Gasteiger partial charge in [-0.15, -0.1) is 0 Å². The topological polar surface area (TPSA) is 0 Å². The van der Waals surface area contributed by atoms with Gasteiger partial charge in [0.05, 0.1) is 0 Å². The average Bonchev–Trinajstić information content (AvgIpc) is 2.19. The number of fused-ring (bicyclic) bond motifs is 1. The standard InChI is InChI=1S/C12H12I/c1-2-13-12-9-5-7-10-6-3-4-8-11(10)12/h3-9H,2H2,1H3/q-1. The van der Waals surface area contributed by atoms with Gasteiger partial charge in [0.1, 0.15) is 0 Å². The van der Waals surface area contributed by atoms with Crippen molar-refractivity contribution < 1.29 is 21.2 Å². The fraction of sp³-hybridized carbons (Fsp3) is 0.167. The third-order valence-electron chi connectivity index (χ3n) is 2.01. The number of hydrogen-bond donors (Lipinski definition) is 0. The van der Waals surface area contributed by atoms with Crippen LogP contribution in [0.3, 0.4) is 0 Å². The van der Waals surface area contributed by atoms with Crippen molar-refractivity contribution in [3.8, 4) is 0 Å². The van der Waals surface area contributed by atoms with Crippen LogP contribution in [0, 0.1) is 3.57 Å². The monoisotopic (exact) mass is 283 g/mol. The Labute approximate surface area is 89.2 Å². The first-order chi connectivity index (χ1) is 6.42. The molecule has 0 saturated heterocycles. The average molecular weight is 283 g/mol. The minimum atomic E-state index is 0.228. The molecule has 0 aliphatic carbocycles. The van der Waals surface area contributed by atoms with E-state index in [-0.39, 0.29) is 21.2 Å². The number of alkyl halides is 1. The summed E-state index contributed by atoms with van der Waals surface area (Å²) in [7, 11) is 0. The van der Waals surface area contributed by atoms with Gasteiger partial charge < -0.3 is 0 Å². The Morgan fingerprint density at radius 1 is 1.00 bits per heavy atom. The fourth-order valence-corrected chi connectivity index (χ4v) is 3.63. The Hall–Kier alpha value is -0.570. The van der Waals surface area contributed by atoms with Crippen LogP contribution in [-0.4, -0.2) is 4.43 Å². The normalized spacial score (nSPS) is 10.8. The first-order valence-electron chi connectivity index (χ1n) is 4.48. The SMILES string of the molecule is CC[I-]c1cccc2ccccc12. The van der Waals surface area contributed by atoms with Crippen molar-refractivity contribution in [2.24, 2.45) is 0 Å². The number of halogens is 1. The summed E-state index contributed by atoms with van der Waals surface area (Å²) >= 11 is 0.228. The molecule has 0 bridgehead atoms. The van der Waals surface area contributed by atoms with Crippen molar-refractivity contribution in [2.45, 2.75) is 6.92 Å². The summed E-state index contributed by atoms with van der Waals surface area (Å²) in [5.74, 6) is 0. The van der Waals surface area contributed by atoms with Crippen LogP contribution in [0.25, 0.3) is 10.8 Å². The van der Waals surface area contributed by atoms with Crippen molar-refractivity contribution in [1.82, 2.24) is 0 Å². The van der Waals surface area contributed by atoms with Gasteiger partial charge in [0.15, 0.2) is 0 Å².